The molecule has 0 atom stereocenters. The van der Waals surface area contributed by atoms with Crippen molar-refractivity contribution in [3.8, 4) is 5.75 Å². The minimum atomic E-state index is 0.309. The predicted molar refractivity (Wildman–Crippen MR) is 74.7 cm³/mol. The van der Waals surface area contributed by atoms with Crippen LogP contribution in [-0.4, -0.2) is 5.11 Å². The maximum Gasteiger partial charge on any atom is 0.119 e. The molecule has 1 aromatic carbocycles. The molecule has 0 saturated carbocycles. The maximum absolute atomic E-state index is 9.52. The Morgan fingerprint density at radius 1 is 1.18 bits per heavy atom. The van der Waals surface area contributed by atoms with Gasteiger partial charge in [-0.15, -0.1) is 11.6 Å². The quantitative estimate of drug-likeness (QED) is 0.543. The molecule has 0 spiro atoms. The van der Waals surface area contributed by atoms with Gasteiger partial charge in [-0.2, -0.15) is 0 Å². The molecule has 1 rings (SSSR count). The van der Waals surface area contributed by atoms with Gasteiger partial charge in [0, 0.05) is 5.56 Å². The van der Waals surface area contributed by atoms with Crippen molar-refractivity contribution in [1.29, 1.82) is 0 Å². The second-order valence-corrected chi connectivity index (χ2v) is 5.36. The van der Waals surface area contributed by atoms with Crippen molar-refractivity contribution >= 4 is 11.6 Å². The van der Waals surface area contributed by atoms with Gasteiger partial charge in [-0.1, -0.05) is 45.2 Å². The normalized spacial score (nSPS) is 11.1. The van der Waals surface area contributed by atoms with E-state index in [9.17, 15) is 5.11 Å². The summed E-state index contributed by atoms with van der Waals surface area (Å²) in [6, 6.07) is 5.76. The van der Waals surface area contributed by atoms with E-state index in [-0.39, 0.29) is 0 Å². The van der Waals surface area contributed by atoms with Crippen LogP contribution in [0.3, 0.4) is 0 Å². The van der Waals surface area contributed by atoms with E-state index in [1.54, 1.807) is 6.07 Å². The van der Waals surface area contributed by atoms with E-state index in [0.29, 0.717) is 11.6 Å². The van der Waals surface area contributed by atoms with Crippen LogP contribution in [0.5, 0.6) is 5.75 Å². The number of halogens is 1. The molecular weight excluding hydrogens is 232 g/mol. The maximum atomic E-state index is 9.52. The zero-order valence-electron chi connectivity index (χ0n) is 10.9. The van der Waals surface area contributed by atoms with E-state index in [1.807, 2.05) is 12.1 Å². The zero-order chi connectivity index (χ0) is 12.7. The molecule has 0 aliphatic rings. The molecule has 2 heteroatoms. The zero-order valence-corrected chi connectivity index (χ0v) is 11.6. The van der Waals surface area contributed by atoms with Crippen molar-refractivity contribution in [1.82, 2.24) is 0 Å². The van der Waals surface area contributed by atoms with Gasteiger partial charge in [0.15, 0.2) is 0 Å². The number of aryl methyl sites for hydroxylation is 1. The van der Waals surface area contributed by atoms with Crippen molar-refractivity contribution in [2.75, 3.05) is 0 Å². The van der Waals surface area contributed by atoms with Crippen molar-refractivity contribution < 1.29 is 5.11 Å². The lowest BCUT2D eigenvalue weighted by Crippen LogP contribution is -1.91. The molecule has 17 heavy (non-hydrogen) atoms. The summed E-state index contributed by atoms with van der Waals surface area (Å²) in [5, 5.41) is 9.52. The van der Waals surface area contributed by atoms with E-state index in [2.05, 4.69) is 13.8 Å². The molecule has 96 valence electrons. The highest BCUT2D eigenvalue weighted by Crippen LogP contribution is 2.21. The molecule has 0 aliphatic heterocycles. The third-order valence-electron chi connectivity index (χ3n) is 3.03. The van der Waals surface area contributed by atoms with Crippen LogP contribution in [-0.2, 0) is 12.3 Å². The van der Waals surface area contributed by atoms with Crippen LogP contribution < -0.4 is 0 Å². The first kappa shape index (κ1) is 14.4. The Bertz CT molecular complexity index is 334. The Morgan fingerprint density at radius 3 is 2.59 bits per heavy atom. The Kier molecular flexibility index (Phi) is 6.43. The summed E-state index contributed by atoms with van der Waals surface area (Å²) in [5.41, 5.74) is 2.12. The third-order valence-corrected chi connectivity index (χ3v) is 3.32. The number of unbranched alkanes of at least 4 members (excludes halogenated alkanes) is 2. The fourth-order valence-electron chi connectivity index (χ4n) is 1.96. The molecule has 0 amide bonds. The molecule has 0 fully saturated rings. The van der Waals surface area contributed by atoms with Crippen molar-refractivity contribution in [2.45, 2.75) is 51.8 Å². The van der Waals surface area contributed by atoms with Gasteiger partial charge < -0.3 is 5.11 Å². The molecule has 1 nitrogen and oxygen atoms in total. The first-order valence-electron chi connectivity index (χ1n) is 6.50. The van der Waals surface area contributed by atoms with Crippen LogP contribution in [0.4, 0.5) is 0 Å². The second-order valence-electron chi connectivity index (χ2n) is 5.09. The highest BCUT2D eigenvalue weighted by atomic mass is 35.5. The number of phenolic OH excluding ortho intramolecular Hbond substituents is 1. The number of hydrogen-bond donors (Lipinski definition) is 1. The monoisotopic (exact) mass is 254 g/mol. The topological polar surface area (TPSA) is 20.2 Å². The standard InChI is InChI=1S/C15H23ClO/c1-12(2)6-4-3-5-7-13-8-9-15(17)14(10-13)11-16/h8-10,12,17H,3-7,11H2,1-2H3. The molecule has 0 heterocycles. The van der Waals surface area contributed by atoms with E-state index in [0.717, 1.165) is 17.9 Å². The minimum Gasteiger partial charge on any atom is -0.508 e. The van der Waals surface area contributed by atoms with Crippen LogP contribution in [0.2, 0.25) is 0 Å². The number of rotatable bonds is 7. The van der Waals surface area contributed by atoms with Gasteiger partial charge in [-0.3, -0.25) is 0 Å². The van der Waals surface area contributed by atoms with Gasteiger partial charge in [-0.05, 0) is 30.4 Å². The summed E-state index contributed by atoms with van der Waals surface area (Å²) < 4.78 is 0. The van der Waals surface area contributed by atoms with Gasteiger partial charge in [0.2, 0.25) is 0 Å². The van der Waals surface area contributed by atoms with E-state index < -0.39 is 0 Å². The summed E-state index contributed by atoms with van der Waals surface area (Å²) in [4.78, 5) is 0. The molecule has 0 aliphatic carbocycles. The van der Waals surface area contributed by atoms with E-state index in [4.69, 9.17) is 11.6 Å². The van der Waals surface area contributed by atoms with Gasteiger partial charge in [0.1, 0.15) is 5.75 Å². The molecule has 0 bridgehead atoms. The molecule has 1 N–H and O–H groups in total. The van der Waals surface area contributed by atoms with Crippen LogP contribution >= 0.6 is 11.6 Å². The summed E-state index contributed by atoms with van der Waals surface area (Å²) in [6.45, 7) is 4.54. The highest BCUT2D eigenvalue weighted by Gasteiger charge is 2.02. The molecule has 1 aromatic rings. The molecular formula is C15H23ClO. The summed E-state index contributed by atoms with van der Waals surface area (Å²) in [5.74, 6) is 1.50. The van der Waals surface area contributed by atoms with E-state index >= 15 is 0 Å². The Balaban J connectivity index is 2.32. The van der Waals surface area contributed by atoms with Crippen LogP contribution in [0.25, 0.3) is 0 Å². The highest BCUT2D eigenvalue weighted by molar-refractivity contribution is 6.17. The van der Waals surface area contributed by atoms with Crippen molar-refractivity contribution in [2.24, 2.45) is 5.92 Å². The number of phenols is 1. The van der Waals surface area contributed by atoms with Crippen molar-refractivity contribution in [3.63, 3.8) is 0 Å². The molecule has 0 radical (unpaired) electrons. The lowest BCUT2D eigenvalue weighted by molar-refractivity contribution is 0.470. The van der Waals surface area contributed by atoms with Crippen molar-refractivity contribution in [3.05, 3.63) is 29.3 Å². The lowest BCUT2D eigenvalue weighted by Gasteiger charge is -2.06. The van der Waals surface area contributed by atoms with Gasteiger partial charge >= 0.3 is 0 Å². The molecule has 0 saturated heterocycles. The van der Waals surface area contributed by atoms with Gasteiger partial charge in [0.25, 0.3) is 0 Å². The van der Waals surface area contributed by atoms with Crippen LogP contribution in [0, 0.1) is 5.92 Å². The van der Waals surface area contributed by atoms with Crippen LogP contribution in [0.1, 0.15) is 50.7 Å². The number of hydrogen-bond acceptors (Lipinski definition) is 1. The summed E-state index contributed by atoms with van der Waals surface area (Å²) >= 11 is 5.76. The average molecular weight is 255 g/mol. The third kappa shape index (κ3) is 5.45. The number of aromatic hydroxyl groups is 1. The average Bonchev–Trinajstić information content (AvgIpc) is 2.30. The summed E-state index contributed by atoms with van der Waals surface area (Å²) in [7, 11) is 0. The first-order chi connectivity index (χ1) is 8.13. The Labute approximate surface area is 110 Å². The second kappa shape index (κ2) is 7.60. The fraction of sp³-hybridized carbons (Fsp3) is 0.600. The molecule has 0 unspecified atom stereocenters. The largest absolute Gasteiger partial charge is 0.508 e. The predicted octanol–water partition coefficient (Wildman–Crippen LogP) is 4.89. The Morgan fingerprint density at radius 2 is 1.94 bits per heavy atom. The fourth-order valence-corrected chi connectivity index (χ4v) is 2.17. The number of benzene rings is 1. The number of alkyl halides is 1. The Hall–Kier alpha value is -0.690. The first-order valence-corrected chi connectivity index (χ1v) is 7.03. The summed E-state index contributed by atoms with van der Waals surface area (Å²) in [6.07, 6.45) is 6.23. The SMILES string of the molecule is CC(C)CCCCCc1ccc(O)c(CCl)c1. The van der Waals surface area contributed by atoms with Gasteiger partial charge in [-0.25, -0.2) is 0 Å². The van der Waals surface area contributed by atoms with E-state index in [1.165, 1.54) is 31.2 Å². The smallest absolute Gasteiger partial charge is 0.119 e. The van der Waals surface area contributed by atoms with Crippen LogP contribution in [0.15, 0.2) is 18.2 Å². The minimum absolute atomic E-state index is 0.309. The lowest BCUT2D eigenvalue weighted by atomic mass is 10.0. The molecule has 0 aromatic heterocycles. The van der Waals surface area contributed by atoms with Gasteiger partial charge in [0.05, 0.1) is 5.88 Å².